The van der Waals surface area contributed by atoms with Crippen molar-refractivity contribution in [3.05, 3.63) is 36.0 Å². The summed E-state index contributed by atoms with van der Waals surface area (Å²) in [6.45, 7) is 0. The van der Waals surface area contributed by atoms with Crippen LogP contribution in [0.1, 0.15) is 24.8 Å². The second-order valence-corrected chi connectivity index (χ2v) is 7.23. The van der Waals surface area contributed by atoms with Gasteiger partial charge in [0.25, 0.3) is 0 Å². The van der Waals surface area contributed by atoms with E-state index >= 15 is 0 Å². The summed E-state index contributed by atoms with van der Waals surface area (Å²) in [6, 6.07) is 3.34. The van der Waals surface area contributed by atoms with E-state index in [-0.39, 0.29) is 12.8 Å². The van der Waals surface area contributed by atoms with Gasteiger partial charge in [-0.2, -0.15) is 0 Å². The molecule has 0 aliphatic carbocycles. The number of amides is 3. The highest BCUT2D eigenvalue weighted by Crippen LogP contribution is 2.18. The first-order chi connectivity index (χ1) is 15.1. The van der Waals surface area contributed by atoms with Crippen molar-refractivity contribution in [1.82, 2.24) is 15.6 Å². The van der Waals surface area contributed by atoms with Gasteiger partial charge < -0.3 is 37.3 Å². The molecule has 0 aliphatic heterocycles. The molecule has 9 N–H and O–H groups in total. The lowest BCUT2D eigenvalue weighted by molar-refractivity contribution is -0.143. The molecule has 2 aromatic rings. The highest BCUT2D eigenvalue weighted by molar-refractivity contribution is 5.95. The number of carboxylic acid groups (broad SMARTS) is 2. The van der Waals surface area contributed by atoms with Gasteiger partial charge in [0.05, 0.1) is 12.5 Å². The van der Waals surface area contributed by atoms with E-state index in [0.717, 1.165) is 16.5 Å². The molecule has 0 spiro atoms. The zero-order valence-corrected chi connectivity index (χ0v) is 17.0. The van der Waals surface area contributed by atoms with Crippen LogP contribution in [0.5, 0.6) is 0 Å². The Hall–Kier alpha value is -3.93. The molecule has 1 heterocycles. The molecule has 1 aromatic carbocycles. The van der Waals surface area contributed by atoms with E-state index in [4.69, 9.17) is 16.6 Å². The second kappa shape index (κ2) is 10.9. The Kier molecular flexibility index (Phi) is 8.30. The van der Waals surface area contributed by atoms with Gasteiger partial charge >= 0.3 is 11.9 Å². The van der Waals surface area contributed by atoms with E-state index in [2.05, 4.69) is 15.6 Å². The Morgan fingerprint density at radius 2 is 1.66 bits per heavy atom. The van der Waals surface area contributed by atoms with Crippen molar-refractivity contribution in [2.45, 2.75) is 43.8 Å². The van der Waals surface area contributed by atoms with Gasteiger partial charge in [-0.25, -0.2) is 4.79 Å². The van der Waals surface area contributed by atoms with Crippen molar-refractivity contribution in [3.63, 3.8) is 0 Å². The Morgan fingerprint density at radius 3 is 2.28 bits per heavy atom. The van der Waals surface area contributed by atoms with Crippen LogP contribution in [0.3, 0.4) is 0 Å². The first kappa shape index (κ1) is 24.3. The average molecular weight is 447 g/mol. The number of carbonyl (C=O) groups is 5. The maximum atomic E-state index is 12.6. The number of carbonyl (C=O) groups excluding carboxylic acids is 3. The average Bonchev–Trinajstić information content (AvgIpc) is 3.12. The molecule has 0 saturated heterocycles. The van der Waals surface area contributed by atoms with Crippen LogP contribution in [-0.2, 0) is 30.4 Å². The minimum absolute atomic E-state index is 0.136. The van der Waals surface area contributed by atoms with Gasteiger partial charge in [-0.15, -0.1) is 0 Å². The lowest BCUT2D eigenvalue weighted by Gasteiger charge is -2.22. The predicted octanol–water partition coefficient (Wildman–Crippen LogP) is -1.17. The SMILES string of the molecule is NC(=O)C[C@H](NC(=O)[C@@H](N)Cc1c[nH]c2ccccc12)C(=O)N[C@@H](CCC(=O)O)C(=O)O. The van der Waals surface area contributed by atoms with Gasteiger partial charge in [-0.3, -0.25) is 19.2 Å². The Bertz CT molecular complexity index is 1020. The lowest BCUT2D eigenvalue weighted by atomic mass is 10.0. The van der Waals surface area contributed by atoms with E-state index in [9.17, 15) is 29.1 Å². The lowest BCUT2D eigenvalue weighted by Crippen LogP contribution is -2.55. The molecule has 172 valence electrons. The van der Waals surface area contributed by atoms with Crippen LogP contribution in [0.25, 0.3) is 10.9 Å². The first-order valence-electron chi connectivity index (χ1n) is 9.72. The van der Waals surface area contributed by atoms with Crippen LogP contribution in [-0.4, -0.2) is 63.0 Å². The molecule has 3 atom stereocenters. The summed E-state index contributed by atoms with van der Waals surface area (Å²) in [4.78, 5) is 61.5. The first-order valence-corrected chi connectivity index (χ1v) is 9.72. The standard InChI is InChI=1S/C20H25N5O7/c21-12(7-10-9-23-13-4-2-1-3-11(10)13)18(29)25-15(8-16(22)26)19(30)24-14(20(31)32)5-6-17(27)28/h1-4,9,12,14-15,23H,5-8,21H2,(H2,22,26)(H,24,30)(H,25,29)(H,27,28)(H,31,32)/t12-,14-,15-/m0/s1. The monoisotopic (exact) mass is 447 g/mol. The Labute approximate surface area is 182 Å². The molecule has 0 bridgehead atoms. The van der Waals surface area contributed by atoms with Crippen molar-refractivity contribution in [2.75, 3.05) is 0 Å². The molecular weight excluding hydrogens is 422 g/mol. The van der Waals surface area contributed by atoms with Crippen LogP contribution in [0, 0.1) is 0 Å². The van der Waals surface area contributed by atoms with Crippen molar-refractivity contribution in [1.29, 1.82) is 0 Å². The molecule has 32 heavy (non-hydrogen) atoms. The molecule has 12 nitrogen and oxygen atoms in total. The molecule has 12 heteroatoms. The summed E-state index contributed by atoms with van der Waals surface area (Å²) < 4.78 is 0. The molecule has 0 saturated carbocycles. The maximum absolute atomic E-state index is 12.6. The fraction of sp³-hybridized carbons (Fsp3) is 0.350. The van der Waals surface area contributed by atoms with Gasteiger partial charge in [-0.05, 0) is 24.5 Å². The van der Waals surface area contributed by atoms with E-state index in [1.165, 1.54) is 0 Å². The minimum atomic E-state index is -1.52. The van der Waals surface area contributed by atoms with Gasteiger partial charge in [0.15, 0.2) is 0 Å². The largest absolute Gasteiger partial charge is 0.481 e. The summed E-state index contributed by atoms with van der Waals surface area (Å²) in [5, 5.41) is 23.2. The highest BCUT2D eigenvalue weighted by Gasteiger charge is 2.29. The molecule has 1 aromatic heterocycles. The maximum Gasteiger partial charge on any atom is 0.326 e. The molecular formula is C20H25N5O7. The number of nitrogens with two attached hydrogens (primary N) is 2. The number of nitrogens with one attached hydrogen (secondary N) is 3. The van der Waals surface area contributed by atoms with Gasteiger partial charge in [0.2, 0.25) is 17.7 Å². The number of fused-ring (bicyclic) bond motifs is 1. The Balaban J connectivity index is 2.06. The topological polar surface area (TPSA) is 218 Å². The van der Waals surface area contributed by atoms with Crippen LogP contribution in [0.15, 0.2) is 30.5 Å². The fourth-order valence-electron chi connectivity index (χ4n) is 3.12. The van der Waals surface area contributed by atoms with Crippen molar-refractivity contribution in [2.24, 2.45) is 11.5 Å². The smallest absolute Gasteiger partial charge is 0.326 e. The summed E-state index contributed by atoms with van der Waals surface area (Å²) >= 11 is 0. The normalized spacial score (nSPS) is 13.7. The zero-order valence-electron chi connectivity index (χ0n) is 17.0. The highest BCUT2D eigenvalue weighted by atomic mass is 16.4. The van der Waals surface area contributed by atoms with Gasteiger partial charge in [-0.1, -0.05) is 18.2 Å². The van der Waals surface area contributed by atoms with Gasteiger partial charge in [0, 0.05) is 23.5 Å². The van der Waals surface area contributed by atoms with Gasteiger partial charge in [0.1, 0.15) is 12.1 Å². The summed E-state index contributed by atoms with van der Waals surface area (Å²) in [5.74, 6) is -5.34. The fourth-order valence-corrected chi connectivity index (χ4v) is 3.12. The van der Waals surface area contributed by atoms with Crippen molar-refractivity contribution in [3.8, 4) is 0 Å². The number of rotatable bonds is 12. The summed E-state index contributed by atoms with van der Waals surface area (Å²) in [6.07, 6.45) is 0.373. The third kappa shape index (κ3) is 6.80. The van der Waals surface area contributed by atoms with E-state index < -0.39 is 60.6 Å². The number of carboxylic acids is 2. The summed E-state index contributed by atoms with van der Waals surface area (Å²) in [7, 11) is 0. The molecule has 3 amide bonds. The second-order valence-electron chi connectivity index (χ2n) is 7.23. The van der Waals surface area contributed by atoms with Crippen LogP contribution < -0.4 is 22.1 Å². The van der Waals surface area contributed by atoms with Crippen molar-refractivity contribution >= 4 is 40.6 Å². The van der Waals surface area contributed by atoms with E-state index in [0.29, 0.717) is 0 Å². The van der Waals surface area contributed by atoms with E-state index in [1.807, 2.05) is 24.3 Å². The number of aromatic nitrogens is 1. The predicted molar refractivity (Wildman–Crippen MR) is 112 cm³/mol. The number of para-hydroxylation sites is 1. The molecule has 2 rings (SSSR count). The number of hydrogen-bond donors (Lipinski definition) is 7. The quantitative estimate of drug-likeness (QED) is 0.210. The molecule has 0 unspecified atom stereocenters. The minimum Gasteiger partial charge on any atom is -0.481 e. The number of aromatic amines is 1. The van der Waals surface area contributed by atoms with Crippen LogP contribution in [0.4, 0.5) is 0 Å². The number of hydrogen-bond acceptors (Lipinski definition) is 6. The molecule has 0 radical (unpaired) electrons. The van der Waals surface area contributed by atoms with E-state index in [1.54, 1.807) is 6.20 Å². The molecule has 0 fully saturated rings. The number of primary amides is 1. The molecule has 0 aliphatic rings. The van der Waals surface area contributed by atoms with Crippen LogP contribution >= 0.6 is 0 Å². The van der Waals surface area contributed by atoms with Crippen molar-refractivity contribution < 1.29 is 34.2 Å². The zero-order chi connectivity index (χ0) is 23.8. The third-order valence-corrected chi connectivity index (χ3v) is 4.75. The number of aliphatic carboxylic acids is 2. The van der Waals surface area contributed by atoms with Crippen LogP contribution in [0.2, 0.25) is 0 Å². The number of H-pyrrole nitrogens is 1. The number of benzene rings is 1. The summed E-state index contributed by atoms with van der Waals surface area (Å²) in [5.41, 5.74) is 12.8. The third-order valence-electron chi connectivity index (χ3n) is 4.75. The Morgan fingerprint density at radius 1 is 1.00 bits per heavy atom.